The standard InChI is InChI=1S/C20H24FN5O/c1-4-5-12-25-19(10-11-22-25)23-20(27)13-18-14(2)24-26(15(18)3)17-8-6-16(21)7-9-17/h6-11H,4-5,12-13H2,1-3H3,(H,23,27). The lowest BCUT2D eigenvalue weighted by molar-refractivity contribution is -0.115. The maximum absolute atomic E-state index is 13.2. The summed E-state index contributed by atoms with van der Waals surface area (Å²) in [6.07, 6.45) is 3.98. The fourth-order valence-electron chi connectivity index (χ4n) is 3.04. The first kappa shape index (κ1) is 18.8. The molecule has 2 heterocycles. The van der Waals surface area contributed by atoms with Crippen molar-refractivity contribution in [1.29, 1.82) is 0 Å². The summed E-state index contributed by atoms with van der Waals surface area (Å²) in [5.74, 6) is 0.298. The van der Waals surface area contributed by atoms with Crippen LogP contribution in [0.2, 0.25) is 0 Å². The topological polar surface area (TPSA) is 64.7 Å². The molecule has 0 aliphatic heterocycles. The van der Waals surface area contributed by atoms with E-state index in [1.807, 2.05) is 18.5 Å². The van der Waals surface area contributed by atoms with Crippen molar-refractivity contribution < 1.29 is 9.18 Å². The fraction of sp³-hybridized carbons (Fsp3) is 0.350. The SMILES string of the molecule is CCCCn1nccc1NC(=O)Cc1c(C)nn(-c2ccc(F)cc2)c1C. The number of nitrogens with zero attached hydrogens (tertiary/aromatic N) is 4. The molecular formula is C20H24FN5O. The van der Waals surface area contributed by atoms with Gasteiger partial charge >= 0.3 is 0 Å². The quantitative estimate of drug-likeness (QED) is 0.689. The first-order chi connectivity index (χ1) is 13.0. The van der Waals surface area contributed by atoms with E-state index in [2.05, 4.69) is 22.4 Å². The Morgan fingerprint density at radius 1 is 1.19 bits per heavy atom. The number of aromatic nitrogens is 4. The van der Waals surface area contributed by atoms with E-state index in [9.17, 15) is 9.18 Å². The number of hydrogen-bond acceptors (Lipinski definition) is 3. The predicted molar refractivity (Wildman–Crippen MR) is 102 cm³/mol. The zero-order valence-corrected chi connectivity index (χ0v) is 15.9. The van der Waals surface area contributed by atoms with Crippen molar-refractivity contribution in [3.8, 4) is 5.69 Å². The summed E-state index contributed by atoms with van der Waals surface area (Å²) in [5, 5.41) is 11.7. The number of hydrogen-bond donors (Lipinski definition) is 1. The van der Waals surface area contributed by atoms with Crippen molar-refractivity contribution in [2.24, 2.45) is 0 Å². The Labute approximate surface area is 158 Å². The van der Waals surface area contributed by atoms with Crippen molar-refractivity contribution >= 4 is 11.7 Å². The van der Waals surface area contributed by atoms with Gasteiger partial charge in [0, 0.05) is 23.9 Å². The normalized spacial score (nSPS) is 11.0. The summed E-state index contributed by atoms with van der Waals surface area (Å²) in [6.45, 7) is 6.68. The van der Waals surface area contributed by atoms with Crippen molar-refractivity contribution in [1.82, 2.24) is 19.6 Å². The molecule has 0 saturated heterocycles. The molecule has 1 N–H and O–H groups in total. The Hall–Kier alpha value is -2.96. The maximum Gasteiger partial charge on any atom is 0.230 e. The van der Waals surface area contributed by atoms with Gasteiger partial charge in [-0.05, 0) is 44.5 Å². The van der Waals surface area contributed by atoms with Gasteiger partial charge < -0.3 is 5.32 Å². The van der Waals surface area contributed by atoms with Crippen LogP contribution in [0.15, 0.2) is 36.5 Å². The lowest BCUT2D eigenvalue weighted by Gasteiger charge is -2.09. The molecule has 3 aromatic rings. The molecule has 0 fully saturated rings. The second kappa shape index (κ2) is 8.16. The lowest BCUT2D eigenvalue weighted by atomic mass is 10.1. The van der Waals surface area contributed by atoms with E-state index in [1.54, 1.807) is 29.1 Å². The molecule has 1 aromatic carbocycles. The monoisotopic (exact) mass is 369 g/mol. The third-order valence-electron chi connectivity index (χ3n) is 4.56. The van der Waals surface area contributed by atoms with Gasteiger partial charge in [0.1, 0.15) is 11.6 Å². The Balaban J connectivity index is 1.75. The molecule has 0 unspecified atom stereocenters. The number of unbranched alkanes of at least 4 members (excludes halogenated alkanes) is 1. The van der Waals surface area contributed by atoms with Gasteiger partial charge in [-0.25, -0.2) is 13.8 Å². The number of aryl methyl sites for hydroxylation is 2. The zero-order valence-electron chi connectivity index (χ0n) is 15.9. The molecular weight excluding hydrogens is 345 g/mol. The van der Waals surface area contributed by atoms with Crippen LogP contribution < -0.4 is 5.32 Å². The summed E-state index contributed by atoms with van der Waals surface area (Å²) in [7, 11) is 0. The van der Waals surface area contributed by atoms with Gasteiger partial charge in [0.15, 0.2) is 0 Å². The van der Waals surface area contributed by atoms with Crippen LogP contribution in [-0.2, 0) is 17.8 Å². The van der Waals surface area contributed by atoms with Crippen LogP contribution in [0.3, 0.4) is 0 Å². The van der Waals surface area contributed by atoms with Gasteiger partial charge in [0.25, 0.3) is 0 Å². The first-order valence-electron chi connectivity index (χ1n) is 9.12. The highest BCUT2D eigenvalue weighted by atomic mass is 19.1. The minimum absolute atomic E-state index is 0.113. The van der Waals surface area contributed by atoms with Gasteiger partial charge in [-0.15, -0.1) is 0 Å². The molecule has 0 saturated carbocycles. The van der Waals surface area contributed by atoms with E-state index < -0.39 is 0 Å². The van der Waals surface area contributed by atoms with Crippen molar-refractivity contribution in [3.05, 3.63) is 59.3 Å². The van der Waals surface area contributed by atoms with Gasteiger partial charge in [-0.2, -0.15) is 10.2 Å². The van der Waals surface area contributed by atoms with Gasteiger partial charge in [0.05, 0.1) is 24.0 Å². The minimum atomic E-state index is -0.292. The average molecular weight is 369 g/mol. The molecule has 1 amide bonds. The van der Waals surface area contributed by atoms with E-state index >= 15 is 0 Å². The predicted octanol–water partition coefficient (Wildman–Crippen LogP) is 3.81. The van der Waals surface area contributed by atoms with Crippen LogP contribution >= 0.6 is 0 Å². The summed E-state index contributed by atoms with van der Waals surface area (Å²) < 4.78 is 16.7. The first-order valence-corrected chi connectivity index (χ1v) is 9.12. The molecule has 2 aromatic heterocycles. The number of anilines is 1. The third-order valence-corrected chi connectivity index (χ3v) is 4.56. The Kier molecular flexibility index (Phi) is 5.69. The van der Waals surface area contributed by atoms with Crippen LogP contribution in [0.1, 0.15) is 36.7 Å². The van der Waals surface area contributed by atoms with E-state index in [-0.39, 0.29) is 18.1 Å². The number of carbonyl (C=O) groups excluding carboxylic acids is 1. The maximum atomic E-state index is 13.2. The number of carbonyl (C=O) groups is 1. The molecule has 0 radical (unpaired) electrons. The molecule has 0 spiro atoms. The molecule has 0 aliphatic carbocycles. The third kappa shape index (κ3) is 4.24. The highest BCUT2D eigenvalue weighted by molar-refractivity contribution is 5.91. The number of benzene rings is 1. The Bertz CT molecular complexity index is 927. The molecule has 27 heavy (non-hydrogen) atoms. The van der Waals surface area contributed by atoms with Crippen LogP contribution in [0.25, 0.3) is 5.69 Å². The Morgan fingerprint density at radius 3 is 2.63 bits per heavy atom. The average Bonchev–Trinajstić information content (AvgIpc) is 3.19. The minimum Gasteiger partial charge on any atom is -0.311 e. The summed E-state index contributed by atoms with van der Waals surface area (Å²) >= 11 is 0. The molecule has 3 rings (SSSR count). The number of amides is 1. The highest BCUT2D eigenvalue weighted by Crippen LogP contribution is 2.19. The molecule has 0 bridgehead atoms. The van der Waals surface area contributed by atoms with Crippen LogP contribution in [0.5, 0.6) is 0 Å². The molecule has 6 nitrogen and oxygen atoms in total. The fourth-order valence-corrected chi connectivity index (χ4v) is 3.04. The second-order valence-corrected chi connectivity index (χ2v) is 6.56. The van der Waals surface area contributed by atoms with E-state index in [1.165, 1.54) is 12.1 Å². The number of halogens is 1. The van der Waals surface area contributed by atoms with E-state index in [0.29, 0.717) is 5.82 Å². The largest absolute Gasteiger partial charge is 0.311 e. The van der Waals surface area contributed by atoms with Crippen molar-refractivity contribution in [2.75, 3.05) is 5.32 Å². The van der Waals surface area contributed by atoms with Gasteiger partial charge in [-0.3, -0.25) is 4.79 Å². The highest BCUT2D eigenvalue weighted by Gasteiger charge is 2.17. The van der Waals surface area contributed by atoms with Crippen molar-refractivity contribution in [3.63, 3.8) is 0 Å². The molecule has 142 valence electrons. The molecule has 0 atom stereocenters. The number of nitrogens with one attached hydrogen (secondary N) is 1. The van der Waals surface area contributed by atoms with Crippen molar-refractivity contribution in [2.45, 2.75) is 46.6 Å². The lowest BCUT2D eigenvalue weighted by Crippen LogP contribution is -2.18. The van der Waals surface area contributed by atoms with Crippen LogP contribution in [0.4, 0.5) is 10.2 Å². The van der Waals surface area contributed by atoms with Crippen LogP contribution in [-0.4, -0.2) is 25.5 Å². The van der Waals surface area contributed by atoms with Crippen LogP contribution in [0, 0.1) is 19.7 Å². The molecule has 7 heteroatoms. The number of rotatable bonds is 7. The Morgan fingerprint density at radius 2 is 1.93 bits per heavy atom. The molecule has 0 aliphatic rings. The van der Waals surface area contributed by atoms with Gasteiger partial charge in [0.2, 0.25) is 5.91 Å². The summed E-state index contributed by atoms with van der Waals surface area (Å²) in [5.41, 5.74) is 3.29. The zero-order chi connectivity index (χ0) is 19.4. The van der Waals surface area contributed by atoms with E-state index in [0.717, 1.165) is 42.0 Å². The second-order valence-electron chi connectivity index (χ2n) is 6.56. The summed E-state index contributed by atoms with van der Waals surface area (Å²) in [6, 6.07) is 7.94. The smallest absolute Gasteiger partial charge is 0.230 e. The summed E-state index contributed by atoms with van der Waals surface area (Å²) in [4.78, 5) is 12.6. The van der Waals surface area contributed by atoms with Gasteiger partial charge in [-0.1, -0.05) is 13.3 Å². The van der Waals surface area contributed by atoms with E-state index in [4.69, 9.17) is 0 Å².